The lowest BCUT2D eigenvalue weighted by atomic mass is 9.33. The topological polar surface area (TPSA) is 9.72 Å². The third-order valence-electron chi connectivity index (χ3n) is 16.9. The molecule has 5 heteroatoms. The molecule has 0 saturated carbocycles. The predicted molar refractivity (Wildman–Crippen MR) is 303 cm³/mol. The first-order valence-electron chi connectivity index (χ1n) is 26.8. The summed E-state index contributed by atoms with van der Waals surface area (Å²) in [7, 11) is 0. The molecule has 0 bridgehead atoms. The van der Waals surface area contributed by atoms with Crippen LogP contribution in [-0.4, -0.2) is 6.71 Å². The van der Waals surface area contributed by atoms with E-state index in [1.54, 1.807) is 0 Å². The van der Waals surface area contributed by atoms with Crippen LogP contribution in [-0.2, 0) is 21.7 Å². The molecule has 0 fully saturated rings. The Kier molecular flexibility index (Phi) is 8.60. The molecule has 3 heterocycles. The Balaban J connectivity index is 1.18. The first-order valence-corrected chi connectivity index (χ1v) is 26.1. The standard InChI is InChI=1S/C65H62BN3S/c1-40-32-57-60-58(33-40)69(54-37-50-47(34-41(54)2)64(7,8)39-65(50,9)10)56-38-49-48(62(3,4)30-31-63(49,5)6)36-52(56)66(60)51-29-28-44(67(42-20-13-11-14-21-42)43-22-15-12-16-23-43)35-55(51)68(57)53-26-19-25-46-45-24-17-18-27-59(45)70-61(46)53/h11-29,32-38H,30-31,39H2,1-10H3/i1D3. The van der Waals surface area contributed by atoms with Gasteiger partial charge in [0.15, 0.2) is 0 Å². The molecular formula is C65H62BN3S. The molecule has 70 heavy (non-hydrogen) atoms. The van der Waals surface area contributed by atoms with Crippen LogP contribution in [0.2, 0.25) is 0 Å². The Hall–Kier alpha value is -6.56. The van der Waals surface area contributed by atoms with E-state index in [-0.39, 0.29) is 28.4 Å². The number of benzene rings is 8. The number of nitrogens with zero attached hydrogens (tertiary/aromatic N) is 3. The van der Waals surface area contributed by atoms with Crippen LogP contribution in [0.1, 0.15) is 112 Å². The summed E-state index contributed by atoms with van der Waals surface area (Å²) >= 11 is 1.81. The van der Waals surface area contributed by atoms with Crippen molar-refractivity contribution in [2.75, 3.05) is 14.7 Å². The number of thiophene rings is 1. The highest BCUT2D eigenvalue weighted by atomic mass is 32.1. The minimum atomic E-state index is -2.40. The van der Waals surface area contributed by atoms with E-state index in [9.17, 15) is 4.11 Å². The van der Waals surface area contributed by atoms with E-state index in [0.29, 0.717) is 5.56 Å². The number of fused-ring (bicyclic) bond motifs is 9. The first kappa shape index (κ1) is 40.2. The van der Waals surface area contributed by atoms with E-state index in [1.165, 1.54) is 58.9 Å². The molecule has 2 aliphatic carbocycles. The van der Waals surface area contributed by atoms with Crippen LogP contribution in [0.3, 0.4) is 0 Å². The number of para-hydroxylation sites is 2. The fourth-order valence-electron chi connectivity index (χ4n) is 13.6. The van der Waals surface area contributed by atoms with Gasteiger partial charge in [-0.2, -0.15) is 0 Å². The van der Waals surface area contributed by atoms with Gasteiger partial charge in [-0.05, 0) is 177 Å². The number of hydrogen-bond acceptors (Lipinski definition) is 4. The van der Waals surface area contributed by atoms with Crippen LogP contribution >= 0.6 is 11.3 Å². The van der Waals surface area contributed by atoms with Crippen molar-refractivity contribution < 1.29 is 4.11 Å². The Morgan fingerprint density at radius 3 is 1.71 bits per heavy atom. The van der Waals surface area contributed by atoms with Crippen molar-refractivity contribution in [1.29, 1.82) is 0 Å². The summed E-state index contributed by atoms with van der Waals surface area (Å²) in [6.45, 7) is 18.9. The highest BCUT2D eigenvalue weighted by Gasteiger charge is 2.48. The summed E-state index contributed by atoms with van der Waals surface area (Å²) in [6, 6.07) is 57.8. The zero-order valence-corrected chi connectivity index (χ0v) is 42.8. The second-order valence-corrected chi connectivity index (χ2v) is 24.4. The minimum Gasteiger partial charge on any atom is -0.311 e. The van der Waals surface area contributed by atoms with Crippen LogP contribution in [0.15, 0.2) is 158 Å². The zero-order valence-electron chi connectivity index (χ0n) is 45.0. The highest BCUT2D eigenvalue weighted by Crippen LogP contribution is 2.55. The lowest BCUT2D eigenvalue weighted by Crippen LogP contribution is -2.62. The van der Waals surface area contributed by atoms with Crippen molar-refractivity contribution in [2.24, 2.45) is 0 Å². The maximum Gasteiger partial charge on any atom is 0.252 e. The average molecular weight is 931 g/mol. The third-order valence-corrected chi connectivity index (χ3v) is 18.1. The van der Waals surface area contributed by atoms with Crippen molar-refractivity contribution in [2.45, 2.75) is 110 Å². The van der Waals surface area contributed by atoms with Gasteiger partial charge in [0.2, 0.25) is 0 Å². The van der Waals surface area contributed by atoms with Crippen molar-refractivity contribution in [3.05, 3.63) is 191 Å². The Morgan fingerprint density at radius 2 is 1.04 bits per heavy atom. The third kappa shape index (κ3) is 6.32. The summed E-state index contributed by atoms with van der Waals surface area (Å²) < 4.78 is 30.3. The van der Waals surface area contributed by atoms with Crippen molar-refractivity contribution in [1.82, 2.24) is 0 Å². The molecule has 0 atom stereocenters. The van der Waals surface area contributed by atoms with E-state index in [4.69, 9.17) is 0 Å². The van der Waals surface area contributed by atoms with Gasteiger partial charge in [0, 0.05) is 65.1 Å². The molecule has 13 rings (SSSR count). The fraction of sp³-hybridized carbons (Fsp3) is 0.262. The SMILES string of the molecule is [2H]C([2H])([2H])c1cc2c3c(c1)N(c1cccc4c1sc1ccccc14)c1cc(N(c4ccccc4)c4ccccc4)ccc1B3c1cc3c(cc1N2c1cc2c(cc1C)C(C)(C)CC2(C)C)C(C)(C)CCC3(C)C. The molecule has 346 valence electrons. The zero-order chi connectivity index (χ0) is 50.7. The van der Waals surface area contributed by atoms with Gasteiger partial charge in [0.05, 0.1) is 10.4 Å². The molecule has 9 aromatic rings. The van der Waals surface area contributed by atoms with Crippen molar-refractivity contribution in [3.63, 3.8) is 0 Å². The first-order chi connectivity index (χ1) is 34.7. The summed E-state index contributed by atoms with van der Waals surface area (Å²) in [5, 5.41) is 2.41. The number of rotatable bonds is 5. The van der Waals surface area contributed by atoms with E-state index >= 15 is 0 Å². The van der Waals surface area contributed by atoms with Gasteiger partial charge in [-0.1, -0.05) is 140 Å². The second kappa shape index (κ2) is 15.0. The van der Waals surface area contributed by atoms with E-state index in [2.05, 4.69) is 223 Å². The number of aryl methyl sites for hydroxylation is 2. The molecule has 0 radical (unpaired) electrons. The summed E-state index contributed by atoms with van der Waals surface area (Å²) in [6.07, 6.45) is 3.24. The lowest BCUT2D eigenvalue weighted by molar-refractivity contribution is 0.332. The molecule has 3 nitrogen and oxygen atoms in total. The predicted octanol–water partition coefficient (Wildman–Crippen LogP) is 16.5. The van der Waals surface area contributed by atoms with Crippen LogP contribution in [0.4, 0.5) is 51.2 Å². The Labute approximate surface area is 423 Å². The van der Waals surface area contributed by atoms with Crippen LogP contribution < -0.4 is 31.1 Å². The van der Waals surface area contributed by atoms with E-state index in [1.807, 2.05) is 23.5 Å². The minimum absolute atomic E-state index is 0.0231. The molecular weight excluding hydrogens is 866 g/mol. The molecule has 4 aliphatic rings. The molecule has 0 N–H and O–H groups in total. The van der Waals surface area contributed by atoms with Crippen LogP contribution in [0.5, 0.6) is 0 Å². The number of hydrogen-bond donors (Lipinski definition) is 0. The molecule has 2 aliphatic heterocycles. The summed E-state index contributed by atoms with van der Waals surface area (Å²) in [5.74, 6) is 0. The van der Waals surface area contributed by atoms with Crippen LogP contribution in [0, 0.1) is 13.8 Å². The quantitative estimate of drug-likeness (QED) is 0.159. The second-order valence-electron chi connectivity index (χ2n) is 23.4. The van der Waals surface area contributed by atoms with Crippen molar-refractivity contribution in [3.8, 4) is 0 Å². The maximum absolute atomic E-state index is 9.30. The molecule has 1 aromatic heterocycles. The smallest absolute Gasteiger partial charge is 0.252 e. The molecule has 0 saturated heterocycles. The van der Waals surface area contributed by atoms with Gasteiger partial charge < -0.3 is 14.7 Å². The Bertz CT molecular complexity index is 3720. The molecule has 0 amide bonds. The van der Waals surface area contributed by atoms with Gasteiger partial charge in [-0.25, -0.2) is 0 Å². The Morgan fingerprint density at radius 1 is 0.486 bits per heavy atom. The molecule has 8 aromatic carbocycles. The summed E-state index contributed by atoms with van der Waals surface area (Å²) in [5.41, 5.74) is 19.9. The average Bonchev–Trinajstić information content (AvgIpc) is 3.83. The molecule has 0 spiro atoms. The fourth-order valence-corrected chi connectivity index (χ4v) is 14.8. The highest BCUT2D eigenvalue weighted by molar-refractivity contribution is 7.26. The molecule has 0 unspecified atom stereocenters. The van der Waals surface area contributed by atoms with Gasteiger partial charge >= 0.3 is 0 Å². The largest absolute Gasteiger partial charge is 0.311 e. The van der Waals surface area contributed by atoms with Gasteiger partial charge in [0.1, 0.15) is 0 Å². The van der Waals surface area contributed by atoms with Crippen molar-refractivity contribution >= 4 is 106 Å². The van der Waals surface area contributed by atoms with Crippen LogP contribution in [0.25, 0.3) is 20.2 Å². The number of anilines is 9. The van der Waals surface area contributed by atoms with Gasteiger partial charge in [-0.3, -0.25) is 0 Å². The lowest BCUT2D eigenvalue weighted by Gasteiger charge is -2.48. The van der Waals surface area contributed by atoms with E-state index < -0.39 is 6.85 Å². The van der Waals surface area contributed by atoms with Gasteiger partial charge in [0.25, 0.3) is 6.71 Å². The maximum atomic E-state index is 9.30. The monoisotopic (exact) mass is 930 g/mol. The summed E-state index contributed by atoms with van der Waals surface area (Å²) in [4.78, 5) is 7.28. The van der Waals surface area contributed by atoms with Gasteiger partial charge in [-0.15, -0.1) is 11.3 Å². The normalized spacial score (nSPS) is 18.3. The van der Waals surface area contributed by atoms with E-state index in [0.717, 1.165) is 75.9 Å².